The van der Waals surface area contributed by atoms with Crippen molar-refractivity contribution >= 4 is 58.7 Å². The minimum Gasteiger partial charge on any atom is -0.359 e. The van der Waals surface area contributed by atoms with Crippen LogP contribution in [0.4, 0.5) is 22.9 Å². The molecule has 0 radical (unpaired) electrons. The predicted octanol–water partition coefficient (Wildman–Crippen LogP) is 3.95. The molecule has 11 nitrogen and oxygen atoms in total. The quantitative estimate of drug-likeness (QED) is 0.186. The van der Waals surface area contributed by atoms with E-state index in [1.165, 1.54) is 0 Å². The summed E-state index contributed by atoms with van der Waals surface area (Å²) in [6.45, 7) is 9.53. The summed E-state index contributed by atoms with van der Waals surface area (Å²) in [4.78, 5) is 51.4. The van der Waals surface area contributed by atoms with E-state index in [9.17, 15) is 19.2 Å². The van der Waals surface area contributed by atoms with E-state index >= 15 is 0 Å². The Kier molecular flexibility index (Phi) is 6.71. The number of anilines is 4. The topological polar surface area (TPSA) is 158 Å². The Hall–Kier alpha value is -4.67. The second-order valence-corrected chi connectivity index (χ2v) is 9.80. The average molecular weight is 505 g/mol. The Morgan fingerprint density at radius 2 is 1.84 bits per heavy atom. The van der Waals surface area contributed by atoms with E-state index in [1.807, 2.05) is 34.6 Å². The molecule has 192 valence electrons. The predicted molar refractivity (Wildman–Crippen MR) is 140 cm³/mol. The van der Waals surface area contributed by atoms with Gasteiger partial charge in [0.25, 0.3) is 5.91 Å². The van der Waals surface area contributed by atoms with Crippen molar-refractivity contribution in [3.63, 3.8) is 0 Å². The number of hydrogen-bond acceptors (Lipinski definition) is 6. The first kappa shape index (κ1) is 25.4. The van der Waals surface area contributed by atoms with Crippen LogP contribution in [0.1, 0.15) is 55.5 Å². The fourth-order valence-corrected chi connectivity index (χ4v) is 3.98. The van der Waals surface area contributed by atoms with Crippen LogP contribution in [0.25, 0.3) is 11.6 Å². The third kappa shape index (κ3) is 5.45. The number of aryl methyl sites for hydroxylation is 1. The standard InChI is InChI=1S/C26H28N6O5/c1-13-18(28-14(2)24(13)27-12-33)9-17-16-7-6-15(8-19(16)30-25(17)36)29-22(34)11-23(35)31-21-10-20(37-32-21)26(3,4)5/h6-10,12,28H,11H2,1-5H3,(H,27,33)(H,29,34)(H,30,36)(H,31,32,35)/b17-9-. The molecule has 4 rings (SSSR count). The lowest BCUT2D eigenvalue weighted by Crippen LogP contribution is -2.21. The van der Waals surface area contributed by atoms with Gasteiger partial charge in [0.15, 0.2) is 5.82 Å². The second-order valence-electron chi connectivity index (χ2n) is 9.80. The number of aromatic amines is 1. The Bertz CT molecular complexity index is 1440. The Labute approximate surface area is 213 Å². The van der Waals surface area contributed by atoms with E-state index in [0.717, 1.165) is 11.3 Å². The molecule has 1 aliphatic heterocycles. The van der Waals surface area contributed by atoms with Gasteiger partial charge in [-0.05, 0) is 37.6 Å². The molecule has 11 heteroatoms. The summed E-state index contributed by atoms with van der Waals surface area (Å²) >= 11 is 0. The summed E-state index contributed by atoms with van der Waals surface area (Å²) in [5, 5.41) is 14.5. The van der Waals surface area contributed by atoms with Gasteiger partial charge in [0.2, 0.25) is 18.2 Å². The summed E-state index contributed by atoms with van der Waals surface area (Å²) in [6.07, 6.45) is 1.90. The van der Waals surface area contributed by atoms with Crippen molar-refractivity contribution in [1.29, 1.82) is 0 Å². The van der Waals surface area contributed by atoms with Gasteiger partial charge in [-0.25, -0.2) is 0 Å². The number of hydrogen-bond donors (Lipinski definition) is 5. The maximum atomic E-state index is 12.7. The molecule has 0 saturated carbocycles. The van der Waals surface area contributed by atoms with Gasteiger partial charge in [-0.1, -0.05) is 32.0 Å². The Morgan fingerprint density at radius 3 is 2.51 bits per heavy atom. The number of H-pyrrole nitrogens is 1. The molecule has 4 amide bonds. The maximum absolute atomic E-state index is 12.7. The summed E-state index contributed by atoms with van der Waals surface area (Å²) in [5.74, 6) is -0.503. The van der Waals surface area contributed by atoms with Crippen molar-refractivity contribution in [2.45, 2.75) is 46.5 Å². The molecule has 1 aliphatic rings. The highest BCUT2D eigenvalue weighted by Crippen LogP contribution is 2.36. The van der Waals surface area contributed by atoms with Gasteiger partial charge >= 0.3 is 0 Å². The number of fused-ring (bicyclic) bond motifs is 1. The summed E-state index contributed by atoms with van der Waals surface area (Å²) in [6, 6.07) is 6.62. The largest absolute Gasteiger partial charge is 0.359 e. The molecular weight excluding hydrogens is 476 g/mol. The lowest BCUT2D eigenvalue weighted by molar-refractivity contribution is -0.123. The van der Waals surface area contributed by atoms with Crippen molar-refractivity contribution in [3.8, 4) is 0 Å². The van der Waals surface area contributed by atoms with Gasteiger partial charge in [-0.15, -0.1) is 0 Å². The number of amides is 4. The first-order chi connectivity index (χ1) is 17.5. The van der Waals surface area contributed by atoms with Crippen LogP contribution in [0.5, 0.6) is 0 Å². The normalized spacial score (nSPS) is 13.8. The first-order valence-corrected chi connectivity index (χ1v) is 11.6. The van der Waals surface area contributed by atoms with Crippen molar-refractivity contribution < 1.29 is 23.7 Å². The molecule has 0 unspecified atom stereocenters. The van der Waals surface area contributed by atoms with Crippen LogP contribution >= 0.6 is 0 Å². The van der Waals surface area contributed by atoms with Crippen molar-refractivity contribution in [1.82, 2.24) is 10.1 Å². The zero-order valence-corrected chi connectivity index (χ0v) is 21.2. The number of carbonyl (C=O) groups excluding carboxylic acids is 4. The summed E-state index contributed by atoms with van der Waals surface area (Å²) < 4.78 is 5.23. The zero-order chi connectivity index (χ0) is 26.9. The first-order valence-electron chi connectivity index (χ1n) is 11.6. The highest BCUT2D eigenvalue weighted by Gasteiger charge is 2.26. The van der Waals surface area contributed by atoms with Crippen molar-refractivity contribution in [3.05, 3.63) is 52.5 Å². The fourth-order valence-electron chi connectivity index (χ4n) is 3.98. The van der Waals surface area contributed by atoms with Gasteiger partial charge in [0.1, 0.15) is 12.2 Å². The number of nitrogens with zero attached hydrogens (tertiary/aromatic N) is 1. The molecule has 0 bridgehead atoms. The number of benzene rings is 1. The molecule has 1 aromatic carbocycles. The number of carbonyl (C=O) groups is 4. The Morgan fingerprint density at radius 1 is 1.11 bits per heavy atom. The molecule has 3 aromatic rings. The molecule has 2 aromatic heterocycles. The molecule has 0 aliphatic carbocycles. The lowest BCUT2D eigenvalue weighted by atomic mass is 9.93. The number of aromatic nitrogens is 2. The number of rotatable bonds is 7. The second kappa shape index (κ2) is 9.76. The highest BCUT2D eigenvalue weighted by molar-refractivity contribution is 6.35. The zero-order valence-electron chi connectivity index (χ0n) is 21.2. The van der Waals surface area contributed by atoms with Crippen molar-refractivity contribution in [2.24, 2.45) is 0 Å². The van der Waals surface area contributed by atoms with Gasteiger partial charge in [0.05, 0.1) is 16.9 Å². The third-order valence-electron chi connectivity index (χ3n) is 5.89. The molecule has 0 atom stereocenters. The van der Waals surface area contributed by atoms with Crippen LogP contribution in [-0.2, 0) is 24.6 Å². The minimum absolute atomic E-state index is 0.240. The van der Waals surface area contributed by atoms with Crippen LogP contribution in [0.15, 0.2) is 28.8 Å². The van der Waals surface area contributed by atoms with E-state index in [0.29, 0.717) is 46.1 Å². The molecule has 0 spiro atoms. The molecule has 0 fully saturated rings. The fraction of sp³-hybridized carbons (Fsp3) is 0.269. The molecule has 37 heavy (non-hydrogen) atoms. The monoisotopic (exact) mass is 504 g/mol. The summed E-state index contributed by atoms with van der Waals surface area (Å²) in [5.41, 5.74) is 4.75. The molecule has 5 N–H and O–H groups in total. The lowest BCUT2D eigenvalue weighted by Gasteiger charge is -2.12. The van der Waals surface area contributed by atoms with E-state index < -0.39 is 18.2 Å². The number of nitrogens with one attached hydrogen (secondary N) is 5. The summed E-state index contributed by atoms with van der Waals surface area (Å²) in [7, 11) is 0. The van der Waals surface area contributed by atoms with Crippen LogP contribution in [0, 0.1) is 13.8 Å². The smallest absolute Gasteiger partial charge is 0.256 e. The third-order valence-corrected chi connectivity index (χ3v) is 5.89. The van der Waals surface area contributed by atoms with Crippen molar-refractivity contribution in [2.75, 3.05) is 21.3 Å². The van der Waals surface area contributed by atoms with Gasteiger partial charge in [-0.3, -0.25) is 19.2 Å². The van der Waals surface area contributed by atoms with E-state index in [1.54, 1.807) is 30.3 Å². The Balaban J connectivity index is 1.43. The van der Waals surface area contributed by atoms with E-state index in [-0.39, 0.29) is 17.1 Å². The highest BCUT2D eigenvalue weighted by atomic mass is 16.5. The van der Waals surface area contributed by atoms with Crippen LogP contribution in [-0.4, -0.2) is 34.3 Å². The van der Waals surface area contributed by atoms with E-state index in [2.05, 4.69) is 31.4 Å². The maximum Gasteiger partial charge on any atom is 0.256 e. The van der Waals surface area contributed by atoms with Crippen LogP contribution in [0.2, 0.25) is 0 Å². The van der Waals surface area contributed by atoms with E-state index in [4.69, 9.17) is 4.52 Å². The SMILES string of the molecule is Cc1[nH]c(/C=C2\C(=O)Nc3cc(NC(=O)CC(=O)Nc4cc(C(C)(C)C)on4)ccc32)c(C)c1NC=O. The molecular formula is C26H28N6O5. The molecule has 3 heterocycles. The van der Waals surface area contributed by atoms with Crippen LogP contribution < -0.4 is 21.3 Å². The van der Waals surface area contributed by atoms with Gasteiger partial charge in [-0.2, -0.15) is 0 Å². The molecule has 0 saturated heterocycles. The van der Waals surface area contributed by atoms with Gasteiger partial charge in [0, 0.05) is 34.1 Å². The average Bonchev–Trinajstić information content (AvgIpc) is 3.46. The minimum atomic E-state index is -0.536. The van der Waals surface area contributed by atoms with Crippen LogP contribution in [0.3, 0.4) is 0 Å². The van der Waals surface area contributed by atoms with Gasteiger partial charge < -0.3 is 30.8 Å².